The van der Waals surface area contributed by atoms with Crippen LogP contribution in [0, 0.1) is 6.92 Å². The molecule has 29 heavy (non-hydrogen) atoms. The van der Waals surface area contributed by atoms with Crippen molar-refractivity contribution in [2.24, 2.45) is 0 Å². The number of halogens is 1. The summed E-state index contributed by atoms with van der Waals surface area (Å²) in [4.78, 5) is 38.6. The van der Waals surface area contributed by atoms with E-state index in [1.165, 1.54) is 19.3 Å². The summed E-state index contributed by atoms with van der Waals surface area (Å²) in [6.07, 6.45) is 1.39. The Morgan fingerprint density at radius 3 is 2.55 bits per heavy atom. The van der Waals surface area contributed by atoms with Crippen molar-refractivity contribution in [1.29, 1.82) is 0 Å². The lowest BCUT2D eigenvalue weighted by atomic mass is 10.1. The van der Waals surface area contributed by atoms with Crippen LogP contribution in [0.1, 0.15) is 18.1 Å². The Balaban J connectivity index is 2.05. The van der Waals surface area contributed by atoms with E-state index >= 15 is 0 Å². The number of aryl methyl sites for hydroxylation is 1. The average molecular weight is 415 g/mol. The number of carbonyl (C=O) groups excluding carboxylic acids is 3. The van der Waals surface area contributed by atoms with Crippen LogP contribution >= 0.6 is 11.6 Å². The van der Waals surface area contributed by atoms with Crippen molar-refractivity contribution in [3.63, 3.8) is 0 Å². The van der Waals surface area contributed by atoms with Gasteiger partial charge in [-0.2, -0.15) is 0 Å². The second-order valence-corrected chi connectivity index (χ2v) is 6.64. The highest BCUT2D eigenvalue weighted by Crippen LogP contribution is 2.30. The maximum Gasteiger partial charge on any atom is 0.335 e. The van der Waals surface area contributed by atoms with Gasteiger partial charge >= 0.3 is 6.03 Å². The molecule has 1 N–H and O–H groups in total. The molecule has 0 radical (unpaired) electrons. The Labute approximate surface area is 172 Å². The number of carbonyl (C=O) groups is 3. The van der Waals surface area contributed by atoms with E-state index < -0.39 is 17.8 Å². The zero-order valence-corrected chi connectivity index (χ0v) is 16.9. The van der Waals surface area contributed by atoms with E-state index in [2.05, 4.69) is 5.32 Å². The van der Waals surface area contributed by atoms with Gasteiger partial charge < -0.3 is 9.47 Å². The standard InChI is InChI=1S/C21H19ClN2O5/c1-4-29-18-11-15(28-3)8-6-13(18)9-16-19(25)23-21(27)24(20(16)26)14-7-5-12(2)17(22)10-14/h5-11H,4H2,1-3H3,(H,23,25,27)/b16-9+. The molecule has 4 amide bonds. The van der Waals surface area contributed by atoms with Gasteiger partial charge in [0.25, 0.3) is 11.8 Å². The van der Waals surface area contributed by atoms with Crippen LogP contribution in [0.5, 0.6) is 11.5 Å². The topological polar surface area (TPSA) is 84.9 Å². The Bertz CT molecular complexity index is 1030. The minimum Gasteiger partial charge on any atom is -0.497 e. The van der Waals surface area contributed by atoms with Gasteiger partial charge in [0.2, 0.25) is 0 Å². The summed E-state index contributed by atoms with van der Waals surface area (Å²) in [5.41, 5.74) is 1.36. The maximum absolute atomic E-state index is 13.0. The van der Waals surface area contributed by atoms with E-state index in [4.69, 9.17) is 21.1 Å². The fourth-order valence-corrected chi connectivity index (χ4v) is 2.98. The summed E-state index contributed by atoms with van der Waals surface area (Å²) in [7, 11) is 1.53. The van der Waals surface area contributed by atoms with Gasteiger partial charge in [-0.15, -0.1) is 0 Å². The van der Waals surface area contributed by atoms with Crippen molar-refractivity contribution >= 4 is 41.2 Å². The number of methoxy groups -OCH3 is 1. The molecule has 1 aliphatic rings. The monoisotopic (exact) mass is 414 g/mol. The zero-order valence-electron chi connectivity index (χ0n) is 16.1. The molecule has 7 nitrogen and oxygen atoms in total. The quantitative estimate of drug-likeness (QED) is 0.595. The molecule has 0 unspecified atom stereocenters. The number of rotatable bonds is 5. The third-order valence-electron chi connectivity index (χ3n) is 4.34. The number of urea groups is 1. The van der Waals surface area contributed by atoms with Crippen molar-refractivity contribution < 1.29 is 23.9 Å². The van der Waals surface area contributed by atoms with E-state index in [1.54, 1.807) is 37.3 Å². The largest absolute Gasteiger partial charge is 0.497 e. The number of hydrogen-bond donors (Lipinski definition) is 1. The molecule has 0 atom stereocenters. The number of nitrogens with zero attached hydrogens (tertiary/aromatic N) is 1. The van der Waals surface area contributed by atoms with Crippen molar-refractivity contribution in [1.82, 2.24) is 5.32 Å². The first-order chi connectivity index (χ1) is 13.8. The van der Waals surface area contributed by atoms with E-state index in [0.717, 1.165) is 10.5 Å². The highest BCUT2D eigenvalue weighted by Gasteiger charge is 2.37. The van der Waals surface area contributed by atoms with Crippen LogP contribution in [-0.4, -0.2) is 31.6 Å². The number of benzene rings is 2. The summed E-state index contributed by atoms with van der Waals surface area (Å²) in [5.74, 6) is -0.521. The number of imide groups is 2. The van der Waals surface area contributed by atoms with Crippen LogP contribution in [-0.2, 0) is 9.59 Å². The number of amides is 4. The maximum atomic E-state index is 13.0. The summed E-state index contributed by atoms with van der Waals surface area (Å²) in [5, 5.41) is 2.59. The van der Waals surface area contributed by atoms with Gasteiger partial charge in [0.15, 0.2) is 0 Å². The number of barbiturate groups is 1. The van der Waals surface area contributed by atoms with E-state index in [0.29, 0.717) is 28.7 Å². The SMILES string of the molecule is CCOc1cc(OC)ccc1/C=C1\C(=O)NC(=O)N(c2ccc(C)c(Cl)c2)C1=O. The van der Waals surface area contributed by atoms with E-state index in [-0.39, 0.29) is 11.3 Å². The molecule has 8 heteroatoms. The van der Waals surface area contributed by atoms with Gasteiger partial charge in [0.05, 0.1) is 19.4 Å². The number of nitrogens with one attached hydrogen (secondary N) is 1. The Kier molecular flexibility index (Phi) is 5.89. The summed E-state index contributed by atoms with van der Waals surface area (Å²) < 4.78 is 10.8. The third kappa shape index (κ3) is 4.09. The number of hydrogen-bond acceptors (Lipinski definition) is 5. The van der Waals surface area contributed by atoms with Crippen LogP contribution in [0.15, 0.2) is 42.0 Å². The molecule has 0 saturated carbocycles. The van der Waals surface area contributed by atoms with Crippen LogP contribution < -0.4 is 19.7 Å². The molecule has 0 bridgehead atoms. The predicted octanol–water partition coefficient (Wildman–Crippen LogP) is 3.72. The lowest BCUT2D eigenvalue weighted by Crippen LogP contribution is -2.54. The third-order valence-corrected chi connectivity index (χ3v) is 4.74. The molecule has 1 aliphatic heterocycles. The fraction of sp³-hybridized carbons (Fsp3) is 0.190. The zero-order chi connectivity index (χ0) is 21.1. The lowest BCUT2D eigenvalue weighted by Gasteiger charge is -2.26. The number of anilines is 1. The molecule has 2 aromatic rings. The Hall–Kier alpha value is -3.32. The van der Waals surface area contributed by atoms with Gasteiger partial charge in [-0.1, -0.05) is 17.7 Å². The second kappa shape index (κ2) is 8.36. The van der Waals surface area contributed by atoms with Crippen LogP contribution in [0.4, 0.5) is 10.5 Å². The Morgan fingerprint density at radius 1 is 1.14 bits per heavy atom. The smallest absolute Gasteiger partial charge is 0.335 e. The second-order valence-electron chi connectivity index (χ2n) is 6.23. The van der Waals surface area contributed by atoms with Gasteiger partial charge in [0.1, 0.15) is 17.1 Å². The highest BCUT2D eigenvalue weighted by molar-refractivity contribution is 6.39. The number of ether oxygens (including phenoxy) is 2. The van der Waals surface area contributed by atoms with Crippen molar-refractivity contribution in [3.05, 3.63) is 58.1 Å². The Morgan fingerprint density at radius 2 is 1.90 bits per heavy atom. The van der Waals surface area contributed by atoms with Crippen LogP contribution in [0.25, 0.3) is 6.08 Å². The molecule has 150 valence electrons. The molecule has 3 rings (SSSR count). The summed E-state index contributed by atoms with van der Waals surface area (Å²) in [6.45, 7) is 4.00. The van der Waals surface area contributed by atoms with Gasteiger partial charge in [-0.25, -0.2) is 9.69 Å². The molecular formula is C21H19ClN2O5. The predicted molar refractivity (Wildman–Crippen MR) is 109 cm³/mol. The van der Waals surface area contributed by atoms with E-state index in [1.807, 2.05) is 6.92 Å². The summed E-state index contributed by atoms with van der Waals surface area (Å²) >= 11 is 6.13. The molecule has 1 fully saturated rings. The first-order valence-corrected chi connectivity index (χ1v) is 9.22. The lowest BCUT2D eigenvalue weighted by molar-refractivity contribution is -0.122. The molecule has 1 saturated heterocycles. The van der Waals surface area contributed by atoms with Crippen LogP contribution in [0.3, 0.4) is 0 Å². The van der Waals surface area contributed by atoms with Crippen molar-refractivity contribution in [3.8, 4) is 11.5 Å². The molecule has 1 heterocycles. The highest BCUT2D eigenvalue weighted by atomic mass is 35.5. The molecule has 0 spiro atoms. The molecular weight excluding hydrogens is 396 g/mol. The molecule has 0 aliphatic carbocycles. The first kappa shape index (κ1) is 20.4. The van der Waals surface area contributed by atoms with Crippen molar-refractivity contribution in [2.75, 3.05) is 18.6 Å². The van der Waals surface area contributed by atoms with Gasteiger partial charge in [0, 0.05) is 16.7 Å². The van der Waals surface area contributed by atoms with Gasteiger partial charge in [-0.3, -0.25) is 14.9 Å². The molecule has 2 aromatic carbocycles. The molecule has 0 aromatic heterocycles. The van der Waals surface area contributed by atoms with E-state index in [9.17, 15) is 14.4 Å². The summed E-state index contributed by atoms with van der Waals surface area (Å²) in [6, 6.07) is 8.95. The average Bonchev–Trinajstić information content (AvgIpc) is 2.68. The normalized spacial score (nSPS) is 15.5. The minimum absolute atomic E-state index is 0.201. The van der Waals surface area contributed by atoms with Gasteiger partial charge in [-0.05, 0) is 49.8 Å². The fourth-order valence-electron chi connectivity index (χ4n) is 2.81. The van der Waals surface area contributed by atoms with Crippen molar-refractivity contribution in [2.45, 2.75) is 13.8 Å². The first-order valence-electron chi connectivity index (χ1n) is 8.84. The minimum atomic E-state index is -0.836. The van der Waals surface area contributed by atoms with Crippen LogP contribution in [0.2, 0.25) is 5.02 Å².